The quantitative estimate of drug-likeness (QED) is 0.628. The fourth-order valence-corrected chi connectivity index (χ4v) is 4.37. The highest BCUT2D eigenvalue weighted by molar-refractivity contribution is 5.79. The van der Waals surface area contributed by atoms with Gasteiger partial charge in [0.15, 0.2) is 5.82 Å². The molecular formula is C21H24N6O4. The monoisotopic (exact) mass is 424 g/mol. The van der Waals surface area contributed by atoms with Crippen LogP contribution in [0, 0.1) is 18.8 Å². The van der Waals surface area contributed by atoms with Crippen molar-refractivity contribution in [1.29, 1.82) is 0 Å². The van der Waals surface area contributed by atoms with Crippen molar-refractivity contribution in [2.45, 2.75) is 45.8 Å². The molecule has 1 aliphatic carbocycles. The van der Waals surface area contributed by atoms with Gasteiger partial charge < -0.3 is 14.2 Å². The van der Waals surface area contributed by atoms with Crippen LogP contribution in [0.15, 0.2) is 28.0 Å². The van der Waals surface area contributed by atoms with E-state index in [9.17, 15) is 9.59 Å². The molecule has 1 aliphatic heterocycles. The number of carbonyl (C=O) groups excluding carboxylic acids is 1. The molecule has 2 aliphatic rings. The van der Waals surface area contributed by atoms with Gasteiger partial charge in [-0.3, -0.25) is 14.3 Å². The molecule has 1 unspecified atom stereocenters. The zero-order chi connectivity index (χ0) is 21.9. The molecule has 0 N–H and O–H groups in total. The minimum Gasteiger partial charge on any atom is -0.444 e. The van der Waals surface area contributed by atoms with E-state index in [1.54, 1.807) is 17.3 Å². The predicted octanol–water partition coefficient (Wildman–Crippen LogP) is 2.11. The fourth-order valence-electron chi connectivity index (χ4n) is 4.37. The SMILES string of the molecule is Cc1cncc2ncn(Cc3nc(C4[C@H]5CN(C(=O)OC(C)(C)C)C[C@@H]45)no3)c(=O)c12. The van der Waals surface area contributed by atoms with Crippen LogP contribution in [-0.4, -0.2) is 54.4 Å². The molecule has 31 heavy (non-hydrogen) atoms. The molecule has 1 amide bonds. The van der Waals surface area contributed by atoms with Crippen LogP contribution in [0.4, 0.5) is 4.79 Å². The smallest absolute Gasteiger partial charge is 0.410 e. The highest BCUT2D eigenvalue weighted by atomic mass is 16.6. The van der Waals surface area contributed by atoms with Crippen LogP contribution >= 0.6 is 0 Å². The van der Waals surface area contributed by atoms with Gasteiger partial charge in [0.2, 0.25) is 5.89 Å². The van der Waals surface area contributed by atoms with Crippen molar-refractivity contribution in [1.82, 2.24) is 29.6 Å². The normalized spacial score (nSPS) is 22.6. The Balaban J connectivity index is 1.26. The van der Waals surface area contributed by atoms with Gasteiger partial charge in [-0.2, -0.15) is 4.98 Å². The molecule has 10 nitrogen and oxygen atoms in total. The summed E-state index contributed by atoms with van der Waals surface area (Å²) in [6, 6.07) is 0. The van der Waals surface area contributed by atoms with E-state index in [1.807, 2.05) is 27.7 Å². The number of fused-ring (bicyclic) bond motifs is 2. The summed E-state index contributed by atoms with van der Waals surface area (Å²) in [5, 5.41) is 4.67. The lowest BCUT2D eigenvalue weighted by Gasteiger charge is -2.25. The second-order valence-corrected chi connectivity index (χ2v) is 9.31. The van der Waals surface area contributed by atoms with Crippen molar-refractivity contribution in [3.8, 4) is 0 Å². The van der Waals surface area contributed by atoms with Crippen molar-refractivity contribution in [2.24, 2.45) is 11.8 Å². The Kier molecular flexibility index (Phi) is 4.35. The first kappa shape index (κ1) is 19.7. The Morgan fingerprint density at radius 1 is 1.26 bits per heavy atom. The standard InChI is InChI=1S/C21H24N6O4/c1-11-5-22-6-14-16(11)19(28)27(10-23-14)9-15-24-18(25-31-15)17-12-7-26(8-13(12)17)20(29)30-21(2,3)4/h5-6,10,12-13,17H,7-9H2,1-4H3/t12-,13+,17?. The molecule has 0 aromatic carbocycles. The van der Waals surface area contributed by atoms with E-state index in [-0.39, 0.29) is 24.1 Å². The summed E-state index contributed by atoms with van der Waals surface area (Å²) < 4.78 is 12.3. The summed E-state index contributed by atoms with van der Waals surface area (Å²) >= 11 is 0. The van der Waals surface area contributed by atoms with Gasteiger partial charge in [-0.15, -0.1) is 0 Å². The molecule has 2 fully saturated rings. The molecule has 0 bridgehead atoms. The van der Waals surface area contributed by atoms with Crippen molar-refractivity contribution in [3.63, 3.8) is 0 Å². The third-order valence-electron chi connectivity index (χ3n) is 5.86. The number of aromatic nitrogens is 5. The Morgan fingerprint density at radius 3 is 2.71 bits per heavy atom. The molecule has 162 valence electrons. The number of hydrogen-bond donors (Lipinski definition) is 0. The molecule has 4 heterocycles. The van der Waals surface area contributed by atoms with Crippen LogP contribution in [0.1, 0.15) is 44.0 Å². The average Bonchev–Trinajstić information content (AvgIpc) is 3.05. The number of likely N-dealkylation sites (tertiary alicyclic amines) is 1. The topological polar surface area (TPSA) is 116 Å². The van der Waals surface area contributed by atoms with E-state index < -0.39 is 5.60 Å². The molecule has 10 heteroatoms. The van der Waals surface area contributed by atoms with Gasteiger partial charge in [-0.1, -0.05) is 5.16 Å². The molecule has 0 radical (unpaired) electrons. The number of ether oxygens (including phenoxy) is 1. The molecule has 5 rings (SSSR count). The minimum atomic E-state index is -0.503. The van der Waals surface area contributed by atoms with Crippen molar-refractivity contribution >= 4 is 17.0 Å². The highest BCUT2D eigenvalue weighted by Gasteiger charge is 2.59. The molecule has 1 saturated heterocycles. The lowest BCUT2D eigenvalue weighted by molar-refractivity contribution is 0.0270. The number of aryl methyl sites for hydroxylation is 1. The molecule has 3 atom stereocenters. The summed E-state index contributed by atoms with van der Waals surface area (Å²) in [6.07, 6.45) is 4.42. The van der Waals surface area contributed by atoms with E-state index in [2.05, 4.69) is 20.1 Å². The average molecular weight is 424 g/mol. The van der Waals surface area contributed by atoms with E-state index in [1.165, 1.54) is 10.9 Å². The van der Waals surface area contributed by atoms with Crippen LogP contribution in [0.3, 0.4) is 0 Å². The van der Waals surface area contributed by atoms with Crippen molar-refractivity contribution < 1.29 is 14.1 Å². The van der Waals surface area contributed by atoms with Gasteiger partial charge in [-0.05, 0) is 45.1 Å². The van der Waals surface area contributed by atoms with Gasteiger partial charge >= 0.3 is 6.09 Å². The van der Waals surface area contributed by atoms with Crippen molar-refractivity contribution in [2.75, 3.05) is 13.1 Å². The Hall–Kier alpha value is -3.30. The van der Waals surface area contributed by atoms with Crippen LogP contribution in [-0.2, 0) is 11.3 Å². The number of carbonyl (C=O) groups is 1. The molecular weight excluding hydrogens is 400 g/mol. The number of hydrogen-bond acceptors (Lipinski definition) is 8. The maximum atomic E-state index is 12.8. The van der Waals surface area contributed by atoms with E-state index in [0.29, 0.717) is 47.5 Å². The van der Waals surface area contributed by atoms with Gasteiger partial charge in [0.25, 0.3) is 5.56 Å². The number of amides is 1. The van der Waals surface area contributed by atoms with Crippen LogP contribution in [0.25, 0.3) is 10.9 Å². The van der Waals surface area contributed by atoms with Gasteiger partial charge in [0, 0.05) is 25.2 Å². The Bertz CT molecular complexity index is 1210. The third-order valence-corrected chi connectivity index (χ3v) is 5.86. The lowest BCUT2D eigenvalue weighted by atomic mass is 10.2. The predicted molar refractivity (Wildman–Crippen MR) is 109 cm³/mol. The first-order chi connectivity index (χ1) is 14.7. The summed E-state index contributed by atoms with van der Waals surface area (Å²) in [5.41, 5.74) is 0.668. The summed E-state index contributed by atoms with van der Waals surface area (Å²) in [5.74, 6) is 1.81. The van der Waals surface area contributed by atoms with Crippen LogP contribution in [0.2, 0.25) is 0 Å². The summed E-state index contributed by atoms with van der Waals surface area (Å²) in [7, 11) is 0. The largest absolute Gasteiger partial charge is 0.444 e. The number of pyridine rings is 1. The zero-order valence-corrected chi connectivity index (χ0v) is 17.9. The molecule has 3 aromatic heterocycles. The van der Waals surface area contributed by atoms with E-state index >= 15 is 0 Å². The first-order valence-electron chi connectivity index (χ1n) is 10.3. The first-order valence-corrected chi connectivity index (χ1v) is 10.3. The second-order valence-electron chi connectivity index (χ2n) is 9.31. The number of piperidine rings is 1. The maximum absolute atomic E-state index is 12.8. The van der Waals surface area contributed by atoms with Gasteiger partial charge in [0.1, 0.15) is 12.1 Å². The summed E-state index contributed by atoms with van der Waals surface area (Å²) in [6.45, 7) is 8.84. The summed E-state index contributed by atoms with van der Waals surface area (Å²) in [4.78, 5) is 39.7. The zero-order valence-electron chi connectivity index (χ0n) is 17.9. The number of rotatable bonds is 3. The van der Waals surface area contributed by atoms with Gasteiger partial charge in [0.05, 0.1) is 23.4 Å². The molecule has 0 spiro atoms. The second kappa shape index (κ2) is 6.86. The van der Waals surface area contributed by atoms with Crippen LogP contribution in [0.5, 0.6) is 0 Å². The van der Waals surface area contributed by atoms with Crippen molar-refractivity contribution in [3.05, 3.63) is 46.4 Å². The Labute approximate surface area is 178 Å². The lowest BCUT2D eigenvalue weighted by Crippen LogP contribution is -2.36. The molecule has 3 aromatic rings. The maximum Gasteiger partial charge on any atom is 0.410 e. The van der Waals surface area contributed by atoms with E-state index in [0.717, 1.165) is 5.56 Å². The molecule has 1 saturated carbocycles. The number of nitrogens with zero attached hydrogens (tertiary/aromatic N) is 6. The van der Waals surface area contributed by atoms with Gasteiger partial charge in [-0.25, -0.2) is 9.78 Å². The van der Waals surface area contributed by atoms with Crippen LogP contribution < -0.4 is 5.56 Å². The highest BCUT2D eigenvalue weighted by Crippen LogP contribution is 2.57. The third kappa shape index (κ3) is 3.55. The minimum absolute atomic E-state index is 0.155. The fraction of sp³-hybridized carbons (Fsp3) is 0.524. The van der Waals surface area contributed by atoms with E-state index in [4.69, 9.17) is 9.26 Å². The Morgan fingerprint density at radius 2 is 2.00 bits per heavy atom.